The Labute approximate surface area is 125 Å². The molecule has 1 aromatic heterocycles. The van der Waals surface area contributed by atoms with Gasteiger partial charge in [0, 0.05) is 12.1 Å². The molecule has 3 nitrogen and oxygen atoms in total. The van der Waals surface area contributed by atoms with Crippen molar-refractivity contribution in [3.8, 4) is 0 Å². The molecule has 1 heterocycles. The van der Waals surface area contributed by atoms with Crippen molar-refractivity contribution in [2.75, 3.05) is 0 Å². The number of benzene rings is 1. The molecule has 2 aromatic rings. The molecule has 0 bridgehead atoms. The van der Waals surface area contributed by atoms with Crippen LogP contribution in [0, 0.1) is 0 Å². The first kappa shape index (κ1) is 13.9. The number of aromatic nitrogens is 2. The highest BCUT2D eigenvalue weighted by atomic mass is 35.5. The second-order valence-corrected chi connectivity index (χ2v) is 6.37. The van der Waals surface area contributed by atoms with E-state index in [9.17, 15) is 0 Å². The molecule has 1 N–H and O–H groups in total. The van der Waals surface area contributed by atoms with E-state index in [-0.39, 0.29) is 0 Å². The SMILES string of the molecule is CC(C)n1c(CNC2CCCC2)nc2cccc(Cl)c21. The highest BCUT2D eigenvalue weighted by Crippen LogP contribution is 2.28. The molecule has 0 aliphatic heterocycles. The van der Waals surface area contributed by atoms with Crippen molar-refractivity contribution >= 4 is 22.6 Å². The summed E-state index contributed by atoms with van der Waals surface area (Å²) in [6.45, 7) is 5.20. The van der Waals surface area contributed by atoms with Gasteiger partial charge in [-0.15, -0.1) is 0 Å². The average Bonchev–Trinajstić information content (AvgIpc) is 3.03. The summed E-state index contributed by atoms with van der Waals surface area (Å²) in [5.74, 6) is 1.09. The summed E-state index contributed by atoms with van der Waals surface area (Å²) in [4.78, 5) is 4.77. The minimum atomic E-state index is 0.361. The number of halogens is 1. The zero-order valence-electron chi connectivity index (χ0n) is 12.2. The summed E-state index contributed by atoms with van der Waals surface area (Å²) >= 11 is 6.37. The summed E-state index contributed by atoms with van der Waals surface area (Å²) in [5.41, 5.74) is 2.06. The second-order valence-electron chi connectivity index (χ2n) is 5.96. The number of fused-ring (bicyclic) bond motifs is 1. The summed E-state index contributed by atoms with van der Waals surface area (Å²) in [6, 6.07) is 6.97. The number of nitrogens with zero attached hydrogens (tertiary/aromatic N) is 2. The van der Waals surface area contributed by atoms with E-state index in [2.05, 4.69) is 23.7 Å². The highest BCUT2D eigenvalue weighted by Gasteiger charge is 2.18. The molecule has 0 amide bonds. The molecule has 1 aliphatic carbocycles. The number of hydrogen-bond acceptors (Lipinski definition) is 2. The van der Waals surface area contributed by atoms with Crippen LogP contribution in [0.1, 0.15) is 51.4 Å². The van der Waals surface area contributed by atoms with Crippen LogP contribution in [0.4, 0.5) is 0 Å². The number of hydrogen-bond donors (Lipinski definition) is 1. The van der Waals surface area contributed by atoms with Gasteiger partial charge in [-0.05, 0) is 38.8 Å². The van der Waals surface area contributed by atoms with E-state index in [1.807, 2.05) is 18.2 Å². The van der Waals surface area contributed by atoms with Gasteiger partial charge >= 0.3 is 0 Å². The van der Waals surface area contributed by atoms with Gasteiger partial charge in [-0.2, -0.15) is 0 Å². The van der Waals surface area contributed by atoms with E-state index in [0.29, 0.717) is 12.1 Å². The predicted molar refractivity (Wildman–Crippen MR) is 84.2 cm³/mol. The van der Waals surface area contributed by atoms with E-state index >= 15 is 0 Å². The molecule has 1 aliphatic rings. The summed E-state index contributed by atoms with van der Waals surface area (Å²) in [7, 11) is 0. The molecule has 0 atom stereocenters. The lowest BCUT2D eigenvalue weighted by molar-refractivity contribution is 0.489. The Balaban J connectivity index is 1.92. The van der Waals surface area contributed by atoms with Gasteiger partial charge < -0.3 is 9.88 Å². The molecule has 1 saturated carbocycles. The molecule has 4 heteroatoms. The third-order valence-corrected chi connectivity index (χ3v) is 4.46. The maximum absolute atomic E-state index is 6.37. The fraction of sp³-hybridized carbons (Fsp3) is 0.562. The van der Waals surface area contributed by atoms with Crippen molar-refractivity contribution in [3.05, 3.63) is 29.0 Å². The molecule has 0 radical (unpaired) electrons. The van der Waals surface area contributed by atoms with Gasteiger partial charge in [0.25, 0.3) is 0 Å². The first-order valence-corrected chi connectivity index (χ1v) is 7.93. The number of nitrogens with one attached hydrogen (secondary N) is 1. The van der Waals surface area contributed by atoms with Gasteiger partial charge in [0.15, 0.2) is 0 Å². The lowest BCUT2D eigenvalue weighted by atomic mass is 10.2. The van der Waals surface area contributed by atoms with Gasteiger partial charge in [0.1, 0.15) is 5.82 Å². The topological polar surface area (TPSA) is 29.9 Å². The van der Waals surface area contributed by atoms with Crippen molar-refractivity contribution in [2.45, 2.75) is 58.2 Å². The highest BCUT2D eigenvalue weighted by molar-refractivity contribution is 6.35. The lowest BCUT2D eigenvalue weighted by Gasteiger charge is -2.16. The maximum Gasteiger partial charge on any atom is 0.124 e. The molecule has 3 rings (SSSR count). The minimum absolute atomic E-state index is 0.361. The van der Waals surface area contributed by atoms with Crippen molar-refractivity contribution in [3.63, 3.8) is 0 Å². The van der Waals surface area contributed by atoms with Crippen molar-refractivity contribution in [2.24, 2.45) is 0 Å². The van der Waals surface area contributed by atoms with Gasteiger partial charge in [0.05, 0.1) is 22.6 Å². The monoisotopic (exact) mass is 291 g/mol. The van der Waals surface area contributed by atoms with Crippen LogP contribution in [-0.4, -0.2) is 15.6 Å². The quantitative estimate of drug-likeness (QED) is 0.910. The molecule has 0 unspecified atom stereocenters. The third-order valence-electron chi connectivity index (χ3n) is 4.15. The summed E-state index contributed by atoms with van der Waals surface area (Å²) in [6.07, 6.45) is 5.29. The second kappa shape index (κ2) is 5.74. The van der Waals surface area contributed by atoms with Crippen LogP contribution in [-0.2, 0) is 6.54 Å². The van der Waals surface area contributed by atoms with Crippen LogP contribution >= 0.6 is 11.6 Å². The van der Waals surface area contributed by atoms with E-state index < -0.39 is 0 Å². The van der Waals surface area contributed by atoms with E-state index in [1.165, 1.54) is 25.7 Å². The standard InChI is InChI=1S/C16H22ClN3/c1-11(2)20-15(10-18-12-6-3-4-7-12)19-14-9-5-8-13(17)16(14)20/h5,8-9,11-12,18H,3-4,6-7,10H2,1-2H3. The van der Waals surface area contributed by atoms with Crippen molar-refractivity contribution in [1.82, 2.24) is 14.9 Å². The molecule has 108 valence electrons. The van der Waals surface area contributed by atoms with E-state index in [4.69, 9.17) is 16.6 Å². The molecule has 20 heavy (non-hydrogen) atoms. The molecule has 1 fully saturated rings. The Hall–Kier alpha value is -1.06. The Morgan fingerprint density at radius 2 is 2.10 bits per heavy atom. The van der Waals surface area contributed by atoms with Crippen molar-refractivity contribution < 1.29 is 0 Å². The zero-order valence-corrected chi connectivity index (χ0v) is 13.0. The van der Waals surface area contributed by atoms with Crippen molar-refractivity contribution in [1.29, 1.82) is 0 Å². The van der Waals surface area contributed by atoms with Gasteiger partial charge in [-0.25, -0.2) is 4.98 Å². The third kappa shape index (κ3) is 2.57. The van der Waals surface area contributed by atoms with Crippen LogP contribution < -0.4 is 5.32 Å². The average molecular weight is 292 g/mol. The van der Waals surface area contributed by atoms with Gasteiger partial charge in [-0.3, -0.25) is 0 Å². The van der Waals surface area contributed by atoms with Crippen LogP contribution in [0.5, 0.6) is 0 Å². The van der Waals surface area contributed by atoms with E-state index in [0.717, 1.165) is 28.4 Å². The normalized spacial score (nSPS) is 16.6. The Bertz CT molecular complexity index is 597. The molecular formula is C16H22ClN3. The van der Waals surface area contributed by atoms with Crippen LogP contribution in [0.15, 0.2) is 18.2 Å². The smallest absolute Gasteiger partial charge is 0.124 e. The zero-order chi connectivity index (χ0) is 14.1. The first-order valence-electron chi connectivity index (χ1n) is 7.55. The predicted octanol–water partition coefficient (Wildman–Crippen LogP) is 4.30. The van der Waals surface area contributed by atoms with Crippen LogP contribution in [0.2, 0.25) is 5.02 Å². The fourth-order valence-corrected chi connectivity index (χ4v) is 3.46. The Morgan fingerprint density at radius 3 is 2.80 bits per heavy atom. The lowest BCUT2D eigenvalue weighted by Crippen LogP contribution is -2.27. The minimum Gasteiger partial charge on any atom is -0.323 e. The molecule has 0 saturated heterocycles. The van der Waals surface area contributed by atoms with E-state index in [1.54, 1.807) is 0 Å². The van der Waals surface area contributed by atoms with Crippen LogP contribution in [0.3, 0.4) is 0 Å². The summed E-state index contributed by atoms with van der Waals surface area (Å²) < 4.78 is 2.26. The largest absolute Gasteiger partial charge is 0.323 e. The number of para-hydroxylation sites is 1. The van der Waals surface area contributed by atoms with Gasteiger partial charge in [0.2, 0.25) is 0 Å². The summed E-state index contributed by atoms with van der Waals surface area (Å²) in [5, 5.41) is 4.43. The van der Waals surface area contributed by atoms with Gasteiger partial charge in [-0.1, -0.05) is 30.5 Å². The Kier molecular flexibility index (Phi) is 3.99. The fourth-order valence-electron chi connectivity index (χ4n) is 3.20. The number of imidazole rings is 1. The molecule has 0 spiro atoms. The maximum atomic E-state index is 6.37. The van der Waals surface area contributed by atoms with Crippen LogP contribution in [0.25, 0.3) is 11.0 Å². The molecular weight excluding hydrogens is 270 g/mol. The Morgan fingerprint density at radius 1 is 1.35 bits per heavy atom. The first-order chi connectivity index (χ1) is 9.66. The molecule has 1 aromatic carbocycles. The number of rotatable bonds is 4.